The van der Waals surface area contributed by atoms with Crippen molar-refractivity contribution in [3.63, 3.8) is 0 Å². The molecule has 1 saturated heterocycles. The van der Waals surface area contributed by atoms with Crippen molar-refractivity contribution in [2.24, 2.45) is 0 Å². The molecule has 1 heterocycles. The van der Waals surface area contributed by atoms with Gasteiger partial charge in [0.1, 0.15) is 12.2 Å². The van der Waals surface area contributed by atoms with E-state index in [0.29, 0.717) is 6.42 Å². The van der Waals surface area contributed by atoms with E-state index in [9.17, 15) is 0 Å². The van der Waals surface area contributed by atoms with Gasteiger partial charge in [-0.05, 0) is 31.9 Å². The maximum absolute atomic E-state index is 8.81. The Morgan fingerprint density at radius 1 is 1.36 bits per heavy atom. The zero-order valence-corrected chi connectivity index (χ0v) is 8.56. The van der Waals surface area contributed by atoms with Gasteiger partial charge in [0.05, 0.1) is 0 Å². The van der Waals surface area contributed by atoms with E-state index in [0.717, 1.165) is 5.57 Å². The smallest absolute Gasteiger partial charge is 0.164 e. The molecule has 2 rings (SSSR count). The maximum atomic E-state index is 8.81. The summed E-state index contributed by atoms with van der Waals surface area (Å²) in [6.45, 7) is 4.01. The predicted molar refractivity (Wildman–Crippen MR) is 52.8 cm³/mol. The highest BCUT2D eigenvalue weighted by Crippen LogP contribution is 2.32. The van der Waals surface area contributed by atoms with Crippen LogP contribution in [0, 0.1) is 0 Å². The van der Waals surface area contributed by atoms with Crippen molar-refractivity contribution in [3.8, 4) is 0 Å². The van der Waals surface area contributed by atoms with Crippen LogP contribution in [0.2, 0.25) is 0 Å². The number of hydrogen-bond donors (Lipinski definition) is 1. The van der Waals surface area contributed by atoms with Crippen molar-refractivity contribution in [3.05, 3.63) is 23.8 Å². The minimum Gasteiger partial charge on any atom is -0.396 e. The van der Waals surface area contributed by atoms with Gasteiger partial charge in [-0.1, -0.05) is 12.2 Å². The fourth-order valence-electron chi connectivity index (χ4n) is 1.88. The van der Waals surface area contributed by atoms with Gasteiger partial charge >= 0.3 is 0 Å². The van der Waals surface area contributed by atoms with E-state index >= 15 is 0 Å². The van der Waals surface area contributed by atoms with Crippen LogP contribution in [0.1, 0.15) is 20.3 Å². The third kappa shape index (κ3) is 1.90. The summed E-state index contributed by atoms with van der Waals surface area (Å²) in [6.07, 6.45) is 6.77. The summed E-state index contributed by atoms with van der Waals surface area (Å²) in [4.78, 5) is 0. The van der Waals surface area contributed by atoms with E-state index in [2.05, 4.69) is 0 Å². The van der Waals surface area contributed by atoms with Crippen molar-refractivity contribution >= 4 is 0 Å². The number of ether oxygens (including phenoxy) is 2. The Bertz CT molecular complexity index is 278. The molecule has 1 aliphatic heterocycles. The van der Waals surface area contributed by atoms with Crippen molar-refractivity contribution in [2.75, 3.05) is 6.61 Å². The first kappa shape index (κ1) is 9.90. The molecular weight excluding hydrogens is 180 g/mol. The molecule has 0 amide bonds. The normalized spacial score (nSPS) is 34.1. The van der Waals surface area contributed by atoms with Crippen LogP contribution in [0.5, 0.6) is 0 Å². The second-order valence-electron chi connectivity index (χ2n) is 4.14. The van der Waals surface area contributed by atoms with E-state index in [-0.39, 0.29) is 18.8 Å². The Morgan fingerprint density at radius 3 is 2.79 bits per heavy atom. The molecule has 1 aliphatic carbocycles. The van der Waals surface area contributed by atoms with Crippen molar-refractivity contribution in [1.29, 1.82) is 0 Å². The van der Waals surface area contributed by atoms with Gasteiger partial charge < -0.3 is 14.6 Å². The number of aliphatic hydroxyl groups is 1. The van der Waals surface area contributed by atoms with Gasteiger partial charge in [-0.15, -0.1) is 0 Å². The molecule has 0 spiro atoms. The van der Waals surface area contributed by atoms with E-state index in [1.807, 2.05) is 32.1 Å². The first-order chi connectivity index (χ1) is 6.61. The molecule has 14 heavy (non-hydrogen) atoms. The van der Waals surface area contributed by atoms with Crippen molar-refractivity contribution in [1.82, 2.24) is 0 Å². The minimum absolute atomic E-state index is 0.0107. The highest BCUT2D eigenvalue weighted by Gasteiger charge is 2.39. The van der Waals surface area contributed by atoms with Crippen LogP contribution in [-0.2, 0) is 9.47 Å². The fourth-order valence-corrected chi connectivity index (χ4v) is 1.88. The maximum Gasteiger partial charge on any atom is 0.164 e. The Hall–Kier alpha value is -0.640. The molecule has 1 N–H and O–H groups in total. The van der Waals surface area contributed by atoms with E-state index in [1.54, 1.807) is 0 Å². The number of rotatable bonds is 2. The van der Waals surface area contributed by atoms with E-state index < -0.39 is 5.79 Å². The molecule has 0 bridgehead atoms. The summed E-state index contributed by atoms with van der Waals surface area (Å²) >= 11 is 0. The lowest BCUT2D eigenvalue weighted by atomic mass is 10.0. The van der Waals surface area contributed by atoms with Gasteiger partial charge in [-0.3, -0.25) is 0 Å². The molecule has 0 aromatic carbocycles. The minimum atomic E-state index is -0.495. The lowest BCUT2D eigenvalue weighted by Gasteiger charge is -2.15. The van der Waals surface area contributed by atoms with Gasteiger partial charge in [0.15, 0.2) is 5.79 Å². The summed E-state index contributed by atoms with van der Waals surface area (Å²) in [7, 11) is 0. The van der Waals surface area contributed by atoms with Crippen LogP contribution < -0.4 is 0 Å². The lowest BCUT2D eigenvalue weighted by molar-refractivity contribution is -0.138. The second kappa shape index (κ2) is 3.50. The fraction of sp³-hybridized carbons (Fsp3) is 0.636. The average molecular weight is 196 g/mol. The third-order valence-corrected chi connectivity index (χ3v) is 2.44. The Labute approximate surface area is 84.0 Å². The monoisotopic (exact) mass is 196 g/mol. The molecule has 3 nitrogen and oxygen atoms in total. The average Bonchev–Trinajstić information content (AvgIpc) is 2.38. The molecule has 2 atom stereocenters. The third-order valence-electron chi connectivity index (χ3n) is 2.44. The highest BCUT2D eigenvalue weighted by atomic mass is 16.7. The topological polar surface area (TPSA) is 38.7 Å². The van der Waals surface area contributed by atoms with Crippen LogP contribution in [0.3, 0.4) is 0 Å². The van der Waals surface area contributed by atoms with Crippen molar-refractivity contribution < 1.29 is 14.6 Å². The quantitative estimate of drug-likeness (QED) is 0.725. The zero-order valence-electron chi connectivity index (χ0n) is 8.56. The molecule has 0 aromatic rings. The van der Waals surface area contributed by atoms with Crippen LogP contribution in [0.4, 0.5) is 0 Å². The highest BCUT2D eigenvalue weighted by molar-refractivity contribution is 5.28. The van der Waals surface area contributed by atoms with Gasteiger partial charge in [0.2, 0.25) is 0 Å². The van der Waals surface area contributed by atoms with Gasteiger partial charge in [0, 0.05) is 6.61 Å². The van der Waals surface area contributed by atoms with Crippen LogP contribution >= 0.6 is 0 Å². The SMILES string of the molecule is CC1(C)O[C@H]2C=CC(CCO)=C[C@H]2O1. The second-order valence-corrected chi connectivity index (χ2v) is 4.14. The van der Waals surface area contributed by atoms with Gasteiger partial charge in [-0.2, -0.15) is 0 Å². The summed E-state index contributed by atoms with van der Waals surface area (Å²) < 4.78 is 11.4. The molecule has 78 valence electrons. The largest absolute Gasteiger partial charge is 0.396 e. The molecule has 0 unspecified atom stereocenters. The first-order valence-electron chi connectivity index (χ1n) is 4.96. The number of allylic oxidation sites excluding steroid dienone is 1. The summed E-state index contributed by atoms with van der Waals surface area (Å²) in [5.74, 6) is -0.495. The number of fused-ring (bicyclic) bond motifs is 1. The summed E-state index contributed by atoms with van der Waals surface area (Å²) in [5.41, 5.74) is 1.12. The molecular formula is C11H16O3. The number of aliphatic hydroxyl groups excluding tert-OH is 1. The van der Waals surface area contributed by atoms with Gasteiger partial charge in [-0.25, -0.2) is 0 Å². The van der Waals surface area contributed by atoms with E-state index in [1.165, 1.54) is 0 Å². The Morgan fingerprint density at radius 2 is 2.07 bits per heavy atom. The molecule has 1 fully saturated rings. The molecule has 3 heteroatoms. The van der Waals surface area contributed by atoms with Crippen molar-refractivity contribution in [2.45, 2.75) is 38.3 Å². The summed E-state index contributed by atoms with van der Waals surface area (Å²) in [6, 6.07) is 0. The van der Waals surface area contributed by atoms with Crippen LogP contribution in [-0.4, -0.2) is 29.7 Å². The molecule has 0 radical (unpaired) electrons. The Kier molecular flexibility index (Phi) is 2.47. The zero-order chi connectivity index (χ0) is 10.2. The first-order valence-corrected chi connectivity index (χ1v) is 4.96. The standard InChI is InChI=1S/C11H16O3/c1-11(2)13-9-4-3-8(5-6-12)7-10(9)14-11/h3-4,7,9-10,12H,5-6H2,1-2H3/t9-,10+/m0/s1. The molecule has 0 saturated carbocycles. The number of hydrogen-bond acceptors (Lipinski definition) is 3. The van der Waals surface area contributed by atoms with Crippen LogP contribution in [0.15, 0.2) is 23.8 Å². The van der Waals surface area contributed by atoms with Crippen LogP contribution in [0.25, 0.3) is 0 Å². The van der Waals surface area contributed by atoms with E-state index in [4.69, 9.17) is 14.6 Å². The van der Waals surface area contributed by atoms with Gasteiger partial charge in [0.25, 0.3) is 0 Å². The molecule has 2 aliphatic rings. The predicted octanol–water partition coefficient (Wildman–Crippen LogP) is 1.39. The summed E-state index contributed by atoms with van der Waals surface area (Å²) in [5, 5.41) is 8.81. The lowest BCUT2D eigenvalue weighted by Crippen LogP contribution is -2.21. The Balaban J connectivity index is 2.09. The molecule has 0 aromatic heterocycles.